The van der Waals surface area contributed by atoms with Gasteiger partial charge in [-0.25, -0.2) is 4.21 Å². The van der Waals surface area contributed by atoms with Gasteiger partial charge in [0.15, 0.2) is 11.1 Å². The molecule has 0 bridgehead atoms. The van der Waals surface area contributed by atoms with Crippen LogP contribution < -0.4 is 0 Å². The highest BCUT2D eigenvalue weighted by molar-refractivity contribution is 7.82. The lowest BCUT2D eigenvalue weighted by Crippen LogP contribution is -1.78. The molecule has 0 spiro atoms. The Balaban J connectivity index is 3.94. The highest BCUT2D eigenvalue weighted by Gasteiger charge is 1.82. The van der Waals surface area contributed by atoms with Crippen molar-refractivity contribution in [1.82, 2.24) is 0 Å². The third kappa shape index (κ3) is 3.77. The molecule has 0 aromatic rings. The van der Waals surface area contributed by atoms with Crippen LogP contribution in [0.2, 0.25) is 0 Å². The largest absolute Gasteiger partial charge is 0.303 e. The topological polar surface area (TPSA) is 37.3 Å². The SMILES string of the molecule is C=C/C(C)=C/S(=O)O. The van der Waals surface area contributed by atoms with Crippen LogP contribution in [0, 0.1) is 0 Å². The van der Waals surface area contributed by atoms with E-state index in [0.29, 0.717) is 5.57 Å². The Morgan fingerprint density at radius 2 is 2.38 bits per heavy atom. The van der Waals surface area contributed by atoms with Crippen molar-refractivity contribution in [2.75, 3.05) is 0 Å². The van der Waals surface area contributed by atoms with Gasteiger partial charge in [-0.05, 0) is 12.5 Å². The molecule has 1 N–H and O–H groups in total. The Bertz CT molecular complexity index is 137. The summed E-state index contributed by atoms with van der Waals surface area (Å²) in [5, 5.41) is 1.22. The summed E-state index contributed by atoms with van der Waals surface area (Å²) in [6.07, 6.45) is 1.52. The molecule has 1 atom stereocenters. The average Bonchev–Trinajstić information content (AvgIpc) is 1.65. The van der Waals surface area contributed by atoms with Gasteiger partial charge in [0.25, 0.3) is 0 Å². The Hall–Kier alpha value is -0.410. The van der Waals surface area contributed by atoms with Crippen LogP contribution in [-0.4, -0.2) is 8.76 Å². The maximum absolute atomic E-state index is 9.96. The van der Waals surface area contributed by atoms with Crippen molar-refractivity contribution in [3.05, 3.63) is 23.6 Å². The van der Waals surface area contributed by atoms with Crippen LogP contribution >= 0.6 is 0 Å². The average molecular weight is 132 g/mol. The van der Waals surface area contributed by atoms with Crippen molar-refractivity contribution >= 4 is 11.1 Å². The third-order valence-corrected chi connectivity index (χ3v) is 1.18. The maximum Gasteiger partial charge on any atom is 0.179 e. The van der Waals surface area contributed by atoms with Gasteiger partial charge in [0.05, 0.1) is 0 Å². The summed E-state index contributed by atoms with van der Waals surface area (Å²) < 4.78 is 18.2. The van der Waals surface area contributed by atoms with Crippen molar-refractivity contribution in [1.29, 1.82) is 0 Å². The van der Waals surface area contributed by atoms with E-state index in [4.69, 9.17) is 4.55 Å². The van der Waals surface area contributed by atoms with Crippen LogP contribution in [0.15, 0.2) is 23.6 Å². The van der Waals surface area contributed by atoms with Crippen molar-refractivity contribution in [2.45, 2.75) is 6.92 Å². The molecule has 1 unspecified atom stereocenters. The summed E-state index contributed by atoms with van der Waals surface area (Å²) in [4.78, 5) is 0. The molecular formula is C5H8O2S. The van der Waals surface area contributed by atoms with E-state index in [0.717, 1.165) is 0 Å². The minimum Gasteiger partial charge on any atom is -0.303 e. The lowest BCUT2D eigenvalue weighted by molar-refractivity contribution is 0.574. The molecule has 8 heavy (non-hydrogen) atoms. The molecule has 0 amide bonds. The fourth-order valence-electron chi connectivity index (χ4n) is 0.207. The molecule has 0 aromatic carbocycles. The molecule has 0 rings (SSSR count). The van der Waals surface area contributed by atoms with Crippen LogP contribution in [-0.2, 0) is 11.1 Å². The zero-order chi connectivity index (χ0) is 6.57. The number of hydrogen-bond donors (Lipinski definition) is 1. The predicted octanol–water partition coefficient (Wildman–Crippen LogP) is 1.30. The van der Waals surface area contributed by atoms with Gasteiger partial charge in [-0.1, -0.05) is 12.7 Å². The summed E-state index contributed by atoms with van der Waals surface area (Å²) in [7, 11) is 0. The Morgan fingerprint density at radius 1 is 1.88 bits per heavy atom. The van der Waals surface area contributed by atoms with Gasteiger partial charge in [-0.2, -0.15) is 0 Å². The van der Waals surface area contributed by atoms with Gasteiger partial charge in [-0.3, -0.25) is 0 Å². The predicted molar refractivity (Wildman–Crippen MR) is 34.7 cm³/mol. The standard InChI is InChI=1S/C5H8O2S/c1-3-5(2)4-8(6)7/h3-4H,1H2,2H3,(H,6,7)/b5-4+. The minimum atomic E-state index is -1.83. The molecule has 0 saturated carbocycles. The summed E-state index contributed by atoms with van der Waals surface area (Å²) >= 11 is -1.83. The normalized spacial score (nSPS) is 15.5. The van der Waals surface area contributed by atoms with E-state index < -0.39 is 11.1 Å². The molecule has 0 radical (unpaired) electrons. The lowest BCUT2D eigenvalue weighted by Gasteiger charge is -1.83. The van der Waals surface area contributed by atoms with Crippen molar-refractivity contribution in [3.8, 4) is 0 Å². The first-order valence-corrected chi connectivity index (χ1v) is 3.24. The first-order valence-electron chi connectivity index (χ1n) is 2.07. The molecule has 0 fully saturated rings. The van der Waals surface area contributed by atoms with E-state index in [2.05, 4.69) is 6.58 Å². The number of allylic oxidation sites excluding steroid dienone is 2. The first kappa shape index (κ1) is 7.59. The molecular weight excluding hydrogens is 124 g/mol. The summed E-state index contributed by atoms with van der Waals surface area (Å²) in [6, 6.07) is 0. The van der Waals surface area contributed by atoms with Crippen molar-refractivity contribution < 1.29 is 8.76 Å². The van der Waals surface area contributed by atoms with E-state index in [-0.39, 0.29) is 0 Å². The second-order valence-corrected chi connectivity index (χ2v) is 2.13. The zero-order valence-corrected chi connectivity index (χ0v) is 5.44. The Kier molecular flexibility index (Phi) is 3.39. The summed E-state index contributed by atoms with van der Waals surface area (Å²) in [5.41, 5.74) is 0.714. The summed E-state index contributed by atoms with van der Waals surface area (Å²) in [6.45, 7) is 5.11. The molecule has 0 aliphatic heterocycles. The molecule has 3 heteroatoms. The minimum absolute atomic E-state index is 0.714. The van der Waals surface area contributed by atoms with Gasteiger partial charge in [-0.15, -0.1) is 0 Å². The van der Waals surface area contributed by atoms with Gasteiger partial charge >= 0.3 is 0 Å². The third-order valence-electron chi connectivity index (χ3n) is 0.609. The van der Waals surface area contributed by atoms with Gasteiger partial charge in [0, 0.05) is 5.41 Å². The van der Waals surface area contributed by atoms with Crippen molar-refractivity contribution in [2.24, 2.45) is 0 Å². The van der Waals surface area contributed by atoms with E-state index in [1.807, 2.05) is 0 Å². The van der Waals surface area contributed by atoms with Crippen LogP contribution in [0.5, 0.6) is 0 Å². The van der Waals surface area contributed by atoms with Crippen LogP contribution in [0.4, 0.5) is 0 Å². The van der Waals surface area contributed by atoms with E-state index >= 15 is 0 Å². The highest BCUT2D eigenvalue weighted by Crippen LogP contribution is 1.92. The van der Waals surface area contributed by atoms with E-state index in [1.165, 1.54) is 11.5 Å². The van der Waals surface area contributed by atoms with Gasteiger partial charge in [0.2, 0.25) is 0 Å². The molecule has 0 aliphatic rings. The van der Waals surface area contributed by atoms with Gasteiger partial charge in [0.1, 0.15) is 0 Å². The van der Waals surface area contributed by atoms with E-state index in [9.17, 15) is 4.21 Å². The van der Waals surface area contributed by atoms with Gasteiger partial charge < -0.3 is 4.55 Å². The fourth-order valence-corrected chi connectivity index (χ4v) is 0.621. The highest BCUT2D eigenvalue weighted by atomic mass is 32.2. The smallest absolute Gasteiger partial charge is 0.179 e. The second-order valence-electron chi connectivity index (χ2n) is 1.34. The molecule has 0 aliphatic carbocycles. The molecule has 0 saturated heterocycles. The van der Waals surface area contributed by atoms with Crippen LogP contribution in [0.1, 0.15) is 6.92 Å². The zero-order valence-electron chi connectivity index (χ0n) is 4.63. The van der Waals surface area contributed by atoms with Crippen LogP contribution in [0.3, 0.4) is 0 Å². The maximum atomic E-state index is 9.96. The number of rotatable bonds is 2. The molecule has 0 aromatic heterocycles. The summed E-state index contributed by atoms with van der Waals surface area (Å²) in [5.74, 6) is 0. The second kappa shape index (κ2) is 3.57. The van der Waals surface area contributed by atoms with E-state index in [1.54, 1.807) is 6.92 Å². The Labute approximate surface area is 51.2 Å². The molecule has 46 valence electrons. The number of hydrogen-bond acceptors (Lipinski definition) is 1. The lowest BCUT2D eigenvalue weighted by atomic mass is 10.4. The quantitative estimate of drug-likeness (QED) is 0.454. The first-order chi connectivity index (χ1) is 3.66. The Morgan fingerprint density at radius 3 is 2.50 bits per heavy atom. The van der Waals surface area contributed by atoms with Crippen molar-refractivity contribution in [3.63, 3.8) is 0 Å². The van der Waals surface area contributed by atoms with Crippen LogP contribution in [0.25, 0.3) is 0 Å². The molecule has 2 nitrogen and oxygen atoms in total. The monoisotopic (exact) mass is 132 g/mol. The molecule has 0 heterocycles. The fraction of sp³-hybridized carbons (Fsp3) is 0.200.